The van der Waals surface area contributed by atoms with Gasteiger partial charge >= 0.3 is 6.36 Å². The SMILES string of the molecule is CCCCN=C(N=C(N)N)NCCc1ccc(OC(F)(F)F)cc1.Cl. The van der Waals surface area contributed by atoms with E-state index in [-0.39, 0.29) is 24.1 Å². The Morgan fingerprint density at radius 2 is 1.84 bits per heavy atom. The number of hydrogen-bond donors (Lipinski definition) is 3. The fourth-order valence-corrected chi connectivity index (χ4v) is 1.77. The molecule has 5 N–H and O–H groups in total. The lowest BCUT2D eigenvalue weighted by Crippen LogP contribution is -2.31. The van der Waals surface area contributed by atoms with Crippen LogP contribution >= 0.6 is 12.4 Å². The van der Waals surface area contributed by atoms with Crippen LogP contribution < -0.4 is 21.5 Å². The molecule has 0 heterocycles. The molecule has 0 saturated heterocycles. The van der Waals surface area contributed by atoms with E-state index in [1.165, 1.54) is 12.1 Å². The van der Waals surface area contributed by atoms with Crippen LogP contribution in [0.15, 0.2) is 34.3 Å². The van der Waals surface area contributed by atoms with E-state index in [4.69, 9.17) is 11.5 Å². The van der Waals surface area contributed by atoms with Crippen LogP contribution in [0.5, 0.6) is 5.75 Å². The largest absolute Gasteiger partial charge is 0.573 e. The van der Waals surface area contributed by atoms with Gasteiger partial charge in [-0.15, -0.1) is 25.6 Å². The molecule has 10 heteroatoms. The van der Waals surface area contributed by atoms with Crippen molar-refractivity contribution in [1.29, 1.82) is 0 Å². The first kappa shape index (κ1) is 22.8. The Balaban J connectivity index is 0.00000576. The van der Waals surface area contributed by atoms with Crippen LogP contribution in [0.3, 0.4) is 0 Å². The first-order chi connectivity index (χ1) is 11.3. The second-order valence-electron chi connectivity index (χ2n) is 4.96. The summed E-state index contributed by atoms with van der Waals surface area (Å²) < 4.78 is 40.1. The number of guanidine groups is 2. The summed E-state index contributed by atoms with van der Waals surface area (Å²) in [5.41, 5.74) is 11.5. The third-order valence-corrected chi connectivity index (χ3v) is 2.86. The number of alkyl halides is 3. The fraction of sp³-hybridized carbons (Fsp3) is 0.467. The van der Waals surface area contributed by atoms with Gasteiger partial charge in [-0.3, -0.25) is 4.99 Å². The Hall–Kier alpha value is -2.16. The van der Waals surface area contributed by atoms with E-state index in [9.17, 15) is 13.2 Å². The van der Waals surface area contributed by atoms with E-state index in [2.05, 4.69) is 27.0 Å². The molecule has 6 nitrogen and oxygen atoms in total. The third-order valence-electron chi connectivity index (χ3n) is 2.86. The van der Waals surface area contributed by atoms with Gasteiger partial charge in [-0.2, -0.15) is 4.99 Å². The second-order valence-corrected chi connectivity index (χ2v) is 4.96. The first-order valence-electron chi connectivity index (χ1n) is 7.53. The summed E-state index contributed by atoms with van der Waals surface area (Å²) in [5, 5.41) is 3.00. The van der Waals surface area contributed by atoms with Gasteiger partial charge in [0.1, 0.15) is 5.75 Å². The molecule has 0 aliphatic rings. The highest BCUT2D eigenvalue weighted by Crippen LogP contribution is 2.22. The molecule has 0 atom stereocenters. The molecular formula is C15H23ClF3N5O. The Kier molecular flexibility index (Phi) is 10.4. The van der Waals surface area contributed by atoms with E-state index < -0.39 is 6.36 Å². The number of rotatable bonds is 7. The van der Waals surface area contributed by atoms with Crippen molar-refractivity contribution in [1.82, 2.24) is 5.32 Å². The van der Waals surface area contributed by atoms with Crippen LogP contribution in [0.25, 0.3) is 0 Å². The lowest BCUT2D eigenvalue weighted by atomic mass is 10.1. The summed E-state index contributed by atoms with van der Waals surface area (Å²) in [4.78, 5) is 8.15. The summed E-state index contributed by atoms with van der Waals surface area (Å²) >= 11 is 0. The van der Waals surface area contributed by atoms with E-state index in [1.807, 2.05) is 0 Å². The van der Waals surface area contributed by atoms with Crippen LogP contribution in [0.2, 0.25) is 0 Å². The number of aliphatic imine (C=N–C) groups is 2. The van der Waals surface area contributed by atoms with Gasteiger partial charge in [0.15, 0.2) is 5.96 Å². The Bertz CT molecular complexity index is 557. The van der Waals surface area contributed by atoms with Crippen molar-refractivity contribution in [3.05, 3.63) is 29.8 Å². The smallest absolute Gasteiger partial charge is 0.406 e. The van der Waals surface area contributed by atoms with E-state index >= 15 is 0 Å². The molecule has 0 aliphatic carbocycles. The minimum Gasteiger partial charge on any atom is -0.406 e. The number of benzene rings is 1. The van der Waals surface area contributed by atoms with Crippen LogP contribution in [0.1, 0.15) is 25.3 Å². The minimum atomic E-state index is -4.69. The average molecular weight is 382 g/mol. The minimum absolute atomic E-state index is 0. The molecule has 0 fully saturated rings. The predicted molar refractivity (Wildman–Crippen MR) is 95.1 cm³/mol. The number of hydrogen-bond acceptors (Lipinski definition) is 2. The van der Waals surface area contributed by atoms with Gasteiger partial charge in [0, 0.05) is 13.1 Å². The van der Waals surface area contributed by atoms with Gasteiger partial charge < -0.3 is 21.5 Å². The number of unbranched alkanes of at least 4 members (excludes halogenated alkanes) is 1. The zero-order valence-corrected chi connectivity index (χ0v) is 14.7. The quantitative estimate of drug-likeness (QED) is 0.384. The summed E-state index contributed by atoms with van der Waals surface area (Å²) in [6, 6.07) is 5.68. The highest BCUT2D eigenvalue weighted by molar-refractivity contribution is 5.93. The molecule has 1 rings (SSSR count). The van der Waals surface area contributed by atoms with Crippen molar-refractivity contribution in [3.63, 3.8) is 0 Å². The molecule has 0 radical (unpaired) electrons. The first-order valence-corrected chi connectivity index (χ1v) is 7.53. The highest BCUT2D eigenvalue weighted by Gasteiger charge is 2.30. The van der Waals surface area contributed by atoms with Crippen molar-refractivity contribution in [2.24, 2.45) is 21.5 Å². The van der Waals surface area contributed by atoms with Crippen molar-refractivity contribution < 1.29 is 17.9 Å². The molecule has 1 aromatic carbocycles. The van der Waals surface area contributed by atoms with Gasteiger partial charge in [0.25, 0.3) is 0 Å². The molecule has 0 aliphatic heterocycles. The number of ether oxygens (including phenoxy) is 1. The lowest BCUT2D eigenvalue weighted by molar-refractivity contribution is -0.274. The van der Waals surface area contributed by atoms with Crippen molar-refractivity contribution >= 4 is 24.3 Å². The maximum absolute atomic E-state index is 12.1. The van der Waals surface area contributed by atoms with Gasteiger partial charge in [-0.05, 0) is 30.5 Å². The Morgan fingerprint density at radius 1 is 1.20 bits per heavy atom. The summed E-state index contributed by atoms with van der Waals surface area (Å²) in [5.74, 6) is 0.00778. The fourth-order valence-electron chi connectivity index (χ4n) is 1.77. The van der Waals surface area contributed by atoms with E-state index in [1.54, 1.807) is 12.1 Å². The van der Waals surface area contributed by atoms with Crippen LogP contribution in [-0.4, -0.2) is 31.4 Å². The molecule has 0 amide bonds. The standard InChI is InChI=1S/C15H22F3N5O.ClH/c1-2-3-9-21-14(23-13(19)20)22-10-8-11-4-6-12(7-5-11)24-15(16,17)18;/h4-7H,2-3,8-10H2,1H3,(H5,19,20,21,22,23);1H. The molecule has 0 spiro atoms. The number of nitrogens with one attached hydrogen (secondary N) is 1. The van der Waals surface area contributed by atoms with Crippen LogP contribution in [0, 0.1) is 0 Å². The zero-order valence-electron chi connectivity index (χ0n) is 13.8. The maximum Gasteiger partial charge on any atom is 0.573 e. The topological polar surface area (TPSA) is 98.0 Å². The summed E-state index contributed by atoms with van der Waals surface area (Å²) in [6.07, 6.45) is -2.19. The zero-order chi connectivity index (χ0) is 18.0. The van der Waals surface area contributed by atoms with Crippen LogP contribution in [0.4, 0.5) is 13.2 Å². The highest BCUT2D eigenvalue weighted by atomic mass is 35.5. The molecular weight excluding hydrogens is 359 g/mol. The van der Waals surface area contributed by atoms with E-state index in [0.717, 1.165) is 18.4 Å². The lowest BCUT2D eigenvalue weighted by Gasteiger charge is -2.10. The normalized spacial score (nSPS) is 11.4. The van der Waals surface area contributed by atoms with Crippen molar-refractivity contribution in [3.8, 4) is 5.75 Å². The molecule has 0 aromatic heterocycles. The van der Waals surface area contributed by atoms with Gasteiger partial charge in [0.05, 0.1) is 0 Å². The van der Waals surface area contributed by atoms with Crippen molar-refractivity contribution in [2.45, 2.75) is 32.5 Å². The van der Waals surface area contributed by atoms with Gasteiger partial charge in [-0.1, -0.05) is 25.5 Å². The number of nitrogens with zero attached hydrogens (tertiary/aromatic N) is 2. The van der Waals surface area contributed by atoms with E-state index in [0.29, 0.717) is 25.5 Å². The Labute approximate surface area is 150 Å². The van der Waals surface area contributed by atoms with Crippen molar-refractivity contribution in [2.75, 3.05) is 13.1 Å². The molecule has 0 saturated carbocycles. The predicted octanol–water partition coefficient (Wildman–Crippen LogP) is 2.57. The molecule has 25 heavy (non-hydrogen) atoms. The average Bonchev–Trinajstić information content (AvgIpc) is 2.47. The second kappa shape index (κ2) is 11.4. The maximum atomic E-state index is 12.1. The molecule has 0 unspecified atom stereocenters. The summed E-state index contributed by atoms with van der Waals surface area (Å²) in [7, 11) is 0. The van der Waals surface area contributed by atoms with Gasteiger partial charge in [-0.25, -0.2) is 0 Å². The number of halogens is 4. The molecule has 1 aromatic rings. The van der Waals surface area contributed by atoms with Gasteiger partial charge in [0.2, 0.25) is 5.96 Å². The molecule has 142 valence electrons. The third kappa shape index (κ3) is 11.1. The molecule has 0 bridgehead atoms. The summed E-state index contributed by atoms with van der Waals surface area (Å²) in [6.45, 7) is 3.15. The Morgan fingerprint density at radius 3 is 2.36 bits per heavy atom. The van der Waals surface area contributed by atoms with Crippen LogP contribution in [-0.2, 0) is 6.42 Å². The number of nitrogens with two attached hydrogens (primary N) is 2. The monoisotopic (exact) mass is 381 g/mol.